The summed E-state index contributed by atoms with van der Waals surface area (Å²) < 4.78 is 5.92. The van der Waals surface area contributed by atoms with E-state index in [0.717, 1.165) is 10.0 Å². The number of Topliss-reactive ketones (excluding diaryl/α,β-unsaturated/α-hetero) is 1. The molecule has 0 saturated carbocycles. The van der Waals surface area contributed by atoms with Crippen LogP contribution in [0.25, 0.3) is 0 Å². The van der Waals surface area contributed by atoms with Crippen molar-refractivity contribution >= 4 is 27.7 Å². The zero-order chi connectivity index (χ0) is 14.5. The first kappa shape index (κ1) is 14.5. The van der Waals surface area contributed by atoms with Gasteiger partial charge in [0.1, 0.15) is 0 Å². The van der Waals surface area contributed by atoms with Crippen LogP contribution in [0.1, 0.15) is 26.3 Å². The molecule has 4 heteroatoms. The summed E-state index contributed by atoms with van der Waals surface area (Å²) in [6.07, 6.45) is 0. The molecular weight excluding hydrogens is 320 g/mol. The highest BCUT2D eigenvalue weighted by atomic mass is 79.9. The van der Waals surface area contributed by atoms with Crippen LogP contribution in [0.2, 0.25) is 0 Å². The molecule has 0 N–H and O–H groups in total. The van der Waals surface area contributed by atoms with Crippen LogP contribution < -0.4 is 0 Å². The van der Waals surface area contributed by atoms with Gasteiger partial charge in [0, 0.05) is 10.0 Å². The molecule has 0 aliphatic heterocycles. The number of aryl methyl sites for hydroxylation is 1. The zero-order valence-electron chi connectivity index (χ0n) is 10.9. The van der Waals surface area contributed by atoms with Crippen LogP contribution >= 0.6 is 15.9 Å². The van der Waals surface area contributed by atoms with Crippen LogP contribution in [0.4, 0.5) is 0 Å². The molecule has 3 nitrogen and oxygen atoms in total. The van der Waals surface area contributed by atoms with Crippen LogP contribution in [0.15, 0.2) is 53.0 Å². The number of benzene rings is 2. The van der Waals surface area contributed by atoms with E-state index in [9.17, 15) is 9.59 Å². The Morgan fingerprint density at radius 3 is 2.40 bits per heavy atom. The van der Waals surface area contributed by atoms with Gasteiger partial charge in [0.05, 0.1) is 5.56 Å². The molecule has 0 unspecified atom stereocenters. The SMILES string of the molecule is Cc1cccc(C(=O)OCC(=O)c2ccc(Br)cc2)c1. The Morgan fingerprint density at radius 1 is 1.05 bits per heavy atom. The van der Waals surface area contributed by atoms with Gasteiger partial charge in [-0.3, -0.25) is 4.79 Å². The van der Waals surface area contributed by atoms with E-state index < -0.39 is 5.97 Å². The van der Waals surface area contributed by atoms with Gasteiger partial charge < -0.3 is 4.74 Å². The van der Waals surface area contributed by atoms with Crippen molar-refractivity contribution in [3.63, 3.8) is 0 Å². The summed E-state index contributed by atoms with van der Waals surface area (Å²) in [5, 5.41) is 0. The summed E-state index contributed by atoms with van der Waals surface area (Å²) in [5.74, 6) is -0.710. The lowest BCUT2D eigenvalue weighted by Gasteiger charge is -2.05. The van der Waals surface area contributed by atoms with Crippen LogP contribution in [-0.2, 0) is 4.74 Å². The van der Waals surface area contributed by atoms with Crippen molar-refractivity contribution in [3.05, 3.63) is 69.7 Å². The molecule has 0 saturated heterocycles. The highest BCUT2D eigenvalue weighted by molar-refractivity contribution is 9.10. The third-order valence-corrected chi connectivity index (χ3v) is 3.28. The van der Waals surface area contributed by atoms with E-state index in [0.29, 0.717) is 11.1 Å². The van der Waals surface area contributed by atoms with Gasteiger partial charge >= 0.3 is 5.97 Å². The van der Waals surface area contributed by atoms with E-state index in [4.69, 9.17) is 4.74 Å². The molecule has 0 spiro atoms. The van der Waals surface area contributed by atoms with E-state index in [-0.39, 0.29) is 12.4 Å². The molecule has 102 valence electrons. The third kappa shape index (κ3) is 3.78. The predicted molar refractivity (Wildman–Crippen MR) is 79.9 cm³/mol. The maximum Gasteiger partial charge on any atom is 0.338 e. The minimum Gasteiger partial charge on any atom is -0.454 e. The second-order valence-corrected chi connectivity index (χ2v) is 5.29. The van der Waals surface area contributed by atoms with Gasteiger partial charge in [0.25, 0.3) is 0 Å². The lowest BCUT2D eigenvalue weighted by Crippen LogP contribution is -2.14. The fourth-order valence-corrected chi connectivity index (χ4v) is 1.97. The molecule has 0 atom stereocenters. The van der Waals surface area contributed by atoms with Crippen molar-refractivity contribution in [2.45, 2.75) is 6.92 Å². The average molecular weight is 333 g/mol. The first-order valence-electron chi connectivity index (χ1n) is 6.09. The fraction of sp³-hybridized carbons (Fsp3) is 0.125. The van der Waals surface area contributed by atoms with Gasteiger partial charge in [-0.1, -0.05) is 45.8 Å². The summed E-state index contributed by atoms with van der Waals surface area (Å²) in [5.41, 5.74) is 1.94. The van der Waals surface area contributed by atoms with E-state index >= 15 is 0 Å². The molecular formula is C16H13BrO3. The molecule has 0 aromatic heterocycles. The second kappa shape index (κ2) is 6.48. The largest absolute Gasteiger partial charge is 0.454 e. The molecule has 0 fully saturated rings. The number of hydrogen-bond donors (Lipinski definition) is 0. The smallest absolute Gasteiger partial charge is 0.338 e. The van der Waals surface area contributed by atoms with Gasteiger partial charge in [-0.25, -0.2) is 4.79 Å². The van der Waals surface area contributed by atoms with Gasteiger partial charge in [-0.15, -0.1) is 0 Å². The Bertz CT molecular complexity index is 632. The minimum atomic E-state index is -0.487. The molecule has 0 radical (unpaired) electrons. The number of rotatable bonds is 4. The molecule has 0 bridgehead atoms. The highest BCUT2D eigenvalue weighted by Crippen LogP contribution is 2.11. The molecule has 20 heavy (non-hydrogen) atoms. The topological polar surface area (TPSA) is 43.4 Å². The number of hydrogen-bond acceptors (Lipinski definition) is 3. The van der Waals surface area contributed by atoms with Gasteiger partial charge in [-0.05, 0) is 31.2 Å². The van der Waals surface area contributed by atoms with Crippen molar-refractivity contribution in [2.24, 2.45) is 0 Å². The number of carbonyl (C=O) groups excluding carboxylic acids is 2. The average Bonchev–Trinajstić information content (AvgIpc) is 2.45. The van der Waals surface area contributed by atoms with Crippen LogP contribution in [0, 0.1) is 6.92 Å². The van der Waals surface area contributed by atoms with E-state index in [2.05, 4.69) is 15.9 Å². The molecule has 0 heterocycles. The molecule has 2 aromatic carbocycles. The lowest BCUT2D eigenvalue weighted by atomic mass is 10.1. The summed E-state index contributed by atoms with van der Waals surface area (Å²) in [6.45, 7) is 1.64. The molecule has 0 aliphatic rings. The first-order chi connectivity index (χ1) is 9.56. The number of carbonyl (C=O) groups is 2. The second-order valence-electron chi connectivity index (χ2n) is 4.38. The Kier molecular flexibility index (Phi) is 4.69. The van der Waals surface area contributed by atoms with Crippen molar-refractivity contribution < 1.29 is 14.3 Å². The Labute approximate surface area is 125 Å². The van der Waals surface area contributed by atoms with E-state index in [1.54, 1.807) is 42.5 Å². The standard InChI is InChI=1S/C16H13BrO3/c1-11-3-2-4-13(9-11)16(19)20-10-15(18)12-5-7-14(17)8-6-12/h2-9H,10H2,1H3. The zero-order valence-corrected chi connectivity index (χ0v) is 12.5. The third-order valence-electron chi connectivity index (χ3n) is 2.75. The summed E-state index contributed by atoms with van der Waals surface area (Å²) in [7, 11) is 0. The van der Waals surface area contributed by atoms with Crippen LogP contribution in [0.3, 0.4) is 0 Å². The lowest BCUT2D eigenvalue weighted by molar-refractivity contribution is 0.0474. The monoisotopic (exact) mass is 332 g/mol. The molecule has 2 aromatic rings. The molecule has 0 amide bonds. The van der Waals surface area contributed by atoms with Crippen LogP contribution in [-0.4, -0.2) is 18.4 Å². The minimum absolute atomic E-state index is 0.224. The molecule has 2 rings (SSSR count). The van der Waals surface area contributed by atoms with Gasteiger partial charge in [0.15, 0.2) is 12.4 Å². The van der Waals surface area contributed by atoms with Gasteiger partial charge in [-0.2, -0.15) is 0 Å². The fourth-order valence-electron chi connectivity index (χ4n) is 1.71. The number of esters is 1. The van der Waals surface area contributed by atoms with Gasteiger partial charge in [0.2, 0.25) is 0 Å². The maximum atomic E-state index is 11.9. The molecule has 0 aliphatic carbocycles. The summed E-state index contributed by atoms with van der Waals surface area (Å²) in [6, 6.07) is 14.0. The summed E-state index contributed by atoms with van der Waals surface area (Å²) in [4.78, 5) is 23.7. The van der Waals surface area contributed by atoms with Crippen molar-refractivity contribution in [3.8, 4) is 0 Å². The Balaban J connectivity index is 1.96. The Hall–Kier alpha value is -1.94. The summed E-state index contributed by atoms with van der Waals surface area (Å²) >= 11 is 3.30. The number of ketones is 1. The quantitative estimate of drug-likeness (QED) is 0.631. The highest BCUT2D eigenvalue weighted by Gasteiger charge is 2.11. The van der Waals surface area contributed by atoms with Crippen LogP contribution in [0.5, 0.6) is 0 Å². The predicted octanol–water partition coefficient (Wildman–Crippen LogP) is 3.80. The number of ether oxygens (including phenoxy) is 1. The van der Waals surface area contributed by atoms with Crippen molar-refractivity contribution in [2.75, 3.05) is 6.61 Å². The first-order valence-corrected chi connectivity index (χ1v) is 6.88. The number of halogens is 1. The van der Waals surface area contributed by atoms with Crippen molar-refractivity contribution in [1.82, 2.24) is 0 Å². The van der Waals surface area contributed by atoms with E-state index in [1.807, 2.05) is 13.0 Å². The normalized spacial score (nSPS) is 10.1. The maximum absolute atomic E-state index is 11.9. The van der Waals surface area contributed by atoms with Crippen molar-refractivity contribution in [1.29, 1.82) is 0 Å². The van der Waals surface area contributed by atoms with E-state index in [1.165, 1.54) is 0 Å². The Morgan fingerprint density at radius 2 is 1.75 bits per heavy atom.